The Morgan fingerprint density at radius 1 is 1.41 bits per heavy atom. The molecule has 0 aromatic carbocycles. The number of nitrogens with zero attached hydrogens (tertiary/aromatic N) is 3. The van der Waals surface area contributed by atoms with Crippen molar-refractivity contribution >= 4 is 17.7 Å². The number of carbonyl (C=O) groups excluding carboxylic acids is 1. The van der Waals surface area contributed by atoms with Gasteiger partial charge >= 0.3 is 0 Å². The Morgan fingerprint density at radius 3 is 2.53 bits per heavy atom. The molecule has 0 aliphatic carbocycles. The Labute approximate surface area is 106 Å². The smallest absolute Gasteiger partial charge is 0.235 e. The molecule has 0 saturated heterocycles. The standard InChI is InChI=1S/C11H20N4OS/c1-5-9-12-11(14-13-9)17-8(4)10(16)15(6-2)7-3/h8H,5-7H2,1-4H3,(H,12,13,14). The lowest BCUT2D eigenvalue weighted by atomic mass is 10.4. The average Bonchev–Trinajstić information content (AvgIpc) is 2.78. The maximum Gasteiger partial charge on any atom is 0.235 e. The molecule has 1 amide bonds. The predicted molar refractivity (Wildman–Crippen MR) is 69.0 cm³/mol. The van der Waals surface area contributed by atoms with Crippen molar-refractivity contribution in [2.45, 2.75) is 44.5 Å². The second-order valence-electron chi connectivity index (χ2n) is 3.69. The molecular weight excluding hydrogens is 236 g/mol. The van der Waals surface area contributed by atoms with Gasteiger partial charge in [-0.25, -0.2) is 4.98 Å². The monoisotopic (exact) mass is 256 g/mol. The summed E-state index contributed by atoms with van der Waals surface area (Å²) in [5, 5.41) is 7.43. The van der Waals surface area contributed by atoms with Gasteiger partial charge in [-0.2, -0.15) is 0 Å². The number of nitrogens with one attached hydrogen (secondary N) is 1. The van der Waals surface area contributed by atoms with Crippen LogP contribution >= 0.6 is 11.8 Å². The summed E-state index contributed by atoms with van der Waals surface area (Å²) < 4.78 is 0. The quantitative estimate of drug-likeness (QED) is 0.787. The molecule has 0 radical (unpaired) electrons. The van der Waals surface area contributed by atoms with E-state index in [2.05, 4.69) is 15.2 Å². The van der Waals surface area contributed by atoms with Crippen molar-refractivity contribution in [3.8, 4) is 0 Å². The minimum absolute atomic E-state index is 0.142. The molecule has 6 heteroatoms. The molecule has 1 heterocycles. The van der Waals surface area contributed by atoms with Crippen molar-refractivity contribution in [1.29, 1.82) is 0 Å². The zero-order valence-corrected chi connectivity index (χ0v) is 11.7. The fourth-order valence-electron chi connectivity index (χ4n) is 1.49. The summed E-state index contributed by atoms with van der Waals surface area (Å²) in [5.74, 6) is 0.998. The van der Waals surface area contributed by atoms with E-state index in [0.717, 1.165) is 25.3 Å². The van der Waals surface area contributed by atoms with Gasteiger partial charge in [0.25, 0.3) is 0 Å². The number of aromatic nitrogens is 3. The summed E-state index contributed by atoms with van der Waals surface area (Å²) in [6.07, 6.45) is 0.825. The summed E-state index contributed by atoms with van der Waals surface area (Å²) in [6, 6.07) is 0. The van der Waals surface area contributed by atoms with Gasteiger partial charge in [-0.1, -0.05) is 18.7 Å². The highest BCUT2D eigenvalue weighted by molar-refractivity contribution is 8.00. The first-order valence-corrected chi connectivity index (χ1v) is 6.86. The van der Waals surface area contributed by atoms with Crippen LogP contribution < -0.4 is 0 Å². The molecule has 5 nitrogen and oxygen atoms in total. The van der Waals surface area contributed by atoms with Gasteiger partial charge in [0.15, 0.2) is 0 Å². The molecule has 0 spiro atoms. The van der Waals surface area contributed by atoms with Crippen molar-refractivity contribution < 1.29 is 4.79 Å². The van der Waals surface area contributed by atoms with E-state index in [1.807, 2.05) is 32.6 Å². The van der Waals surface area contributed by atoms with Gasteiger partial charge in [-0.3, -0.25) is 9.89 Å². The molecule has 0 aliphatic rings. The number of aromatic amines is 1. The number of H-pyrrole nitrogens is 1. The summed E-state index contributed by atoms with van der Waals surface area (Å²) in [6.45, 7) is 9.37. The number of hydrogen-bond acceptors (Lipinski definition) is 4. The van der Waals surface area contributed by atoms with Crippen LogP contribution in [0.5, 0.6) is 0 Å². The van der Waals surface area contributed by atoms with Crippen molar-refractivity contribution in [1.82, 2.24) is 20.1 Å². The van der Waals surface area contributed by atoms with Gasteiger partial charge in [-0.05, 0) is 20.8 Å². The van der Waals surface area contributed by atoms with Gasteiger partial charge in [0.2, 0.25) is 11.1 Å². The van der Waals surface area contributed by atoms with Gasteiger partial charge in [0, 0.05) is 19.5 Å². The van der Waals surface area contributed by atoms with Crippen LogP contribution in [0.3, 0.4) is 0 Å². The lowest BCUT2D eigenvalue weighted by Crippen LogP contribution is -2.36. The molecule has 1 aromatic rings. The van der Waals surface area contributed by atoms with Crippen LogP contribution in [0, 0.1) is 0 Å². The van der Waals surface area contributed by atoms with E-state index in [0.29, 0.717) is 5.16 Å². The number of amides is 1. The van der Waals surface area contributed by atoms with Crippen LogP contribution in [-0.2, 0) is 11.2 Å². The van der Waals surface area contributed by atoms with Crippen molar-refractivity contribution in [2.75, 3.05) is 13.1 Å². The molecule has 0 bridgehead atoms. The summed E-state index contributed by atoms with van der Waals surface area (Å²) in [5.41, 5.74) is 0. The minimum atomic E-state index is -0.143. The van der Waals surface area contributed by atoms with E-state index in [1.54, 1.807) is 0 Å². The van der Waals surface area contributed by atoms with Crippen molar-refractivity contribution in [2.24, 2.45) is 0 Å². The fourth-order valence-corrected chi connectivity index (χ4v) is 2.32. The summed E-state index contributed by atoms with van der Waals surface area (Å²) >= 11 is 1.40. The highest BCUT2D eigenvalue weighted by Crippen LogP contribution is 2.20. The normalized spacial score (nSPS) is 12.5. The molecular formula is C11H20N4OS. The Kier molecular flexibility index (Phi) is 5.47. The van der Waals surface area contributed by atoms with E-state index in [4.69, 9.17) is 0 Å². The lowest BCUT2D eigenvalue weighted by molar-refractivity contribution is -0.129. The van der Waals surface area contributed by atoms with Gasteiger partial charge in [0.1, 0.15) is 5.82 Å². The molecule has 0 aliphatic heterocycles. The van der Waals surface area contributed by atoms with E-state index in [1.165, 1.54) is 11.8 Å². The topological polar surface area (TPSA) is 61.9 Å². The van der Waals surface area contributed by atoms with Crippen LogP contribution in [-0.4, -0.2) is 44.3 Å². The number of carbonyl (C=O) groups is 1. The highest BCUT2D eigenvalue weighted by Gasteiger charge is 2.20. The number of rotatable bonds is 6. The molecule has 0 fully saturated rings. The SMILES string of the molecule is CCc1nc(SC(C)C(=O)N(CC)CC)n[nH]1. The molecule has 96 valence electrons. The Morgan fingerprint density at radius 2 is 2.06 bits per heavy atom. The largest absolute Gasteiger partial charge is 0.342 e. The summed E-state index contributed by atoms with van der Waals surface area (Å²) in [4.78, 5) is 18.1. The van der Waals surface area contributed by atoms with Crippen LogP contribution in [0.4, 0.5) is 0 Å². The second kappa shape index (κ2) is 6.64. The van der Waals surface area contributed by atoms with Gasteiger partial charge in [-0.15, -0.1) is 5.10 Å². The average molecular weight is 256 g/mol. The Hall–Kier alpha value is -1.04. The molecule has 1 unspecified atom stereocenters. The van der Waals surface area contributed by atoms with Gasteiger partial charge in [0.05, 0.1) is 5.25 Å². The van der Waals surface area contributed by atoms with E-state index < -0.39 is 0 Å². The predicted octanol–water partition coefficient (Wildman–Crippen LogP) is 1.72. The molecule has 17 heavy (non-hydrogen) atoms. The first-order chi connectivity index (χ1) is 8.12. The number of hydrogen-bond donors (Lipinski definition) is 1. The first kappa shape index (κ1) is 14.0. The minimum Gasteiger partial charge on any atom is -0.342 e. The third kappa shape index (κ3) is 3.73. The molecule has 1 aromatic heterocycles. The zero-order valence-electron chi connectivity index (χ0n) is 10.9. The highest BCUT2D eigenvalue weighted by atomic mass is 32.2. The van der Waals surface area contributed by atoms with Gasteiger partial charge < -0.3 is 4.90 Å². The molecule has 0 saturated carbocycles. The van der Waals surface area contributed by atoms with Crippen LogP contribution in [0.1, 0.15) is 33.5 Å². The van der Waals surface area contributed by atoms with E-state index in [-0.39, 0.29) is 11.2 Å². The number of thioether (sulfide) groups is 1. The van der Waals surface area contributed by atoms with Crippen LogP contribution in [0.15, 0.2) is 5.16 Å². The van der Waals surface area contributed by atoms with Crippen molar-refractivity contribution in [3.05, 3.63) is 5.82 Å². The zero-order chi connectivity index (χ0) is 12.8. The molecule has 1 rings (SSSR count). The Bertz CT molecular complexity index is 362. The maximum absolute atomic E-state index is 12.0. The fraction of sp³-hybridized carbons (Fsp3) is 0.727. The third-order valence-corrected chi connectivity index (χ3v) is 3.50. The van der Waals surface area contributed by atoms with E-state index >= 15 is 0 Å². The number of aryl methyl sites for hydroxylation is 1. The molecule has 1 N–H and O–H groups in total. The summed E-state index contributed by atoms with van der Waals surface area (Å²) in [7, 11) is 0. The van der Waals surface area contributed by atoms with E-state index in [9.17, 15) is 4.79 Å². The molecule has 1 atom stereocenters. The van der Waals surface area contributed by atoms with Crippen molar-refractivity contribution in [3.63, 3.8) is 0 Å². The first-order valence-electron chi connectivity index (χ1n) is 5.99. The van der Waals surface area contributed by atoms with Crippen LogP contribution in [0.2, 0.25) is 0 Å². The van der Waals surface area contributed by atoms with Crippen LogP contribution in [0.25, 0.3) is 0 Å². The Balaban J connectivity index is 2.58. The third-order valence-electron chi connectivity index (χ3n) is 2.55. The maximum atomic E-state index is 12.0. The second-order valence-corrected chi connectivity index (χ2v) is 5.00. The lowest BCUT2D eigenvalue weighted by Gasteiger charge is -2.21.